The summed E-state index contributed by atoms with van der Waals surface area (Å²) < 4.78 is 11.0. The lowest BCUT2D eigenvalue weighted by Gasteiger charge is -2.38. The Morgan fingerprint density at radius 2 is 1.92 bits per heavy atom. The van der Waals surface area contributed by atoms with E-state index >= 15 is 0 Å². The molecule has 3 aliphatic rings. The minimum absolute atomic E-state index is 0.0561. The van der Waals surface area contributed by atoms with E-state index in [9.17, 15) is 4.79 Å². The molecule has 0 radical (unpaired) electrons. The van der Waals surface area contributed by atoms with Crippen LogP contribution in [-0.2, 0) is 22.4 Å². The second kappa shape index (κ2) is 10.9. The number of nitrogens with one attached hydrogen (secondary N) is 2. The molecular formula is C27H32N8O3. The average Bonchev–Trinajstić information content (AvgIpc) is 3.46. The van der Waals surface area contributed by atoms with Gasteiger partial charge in [-0.15, -0.1) is 0 Å². The molecule has 38 heavy (non-hydrogen) atoms. The minimum Gasteiger partial charge on any atom is -0.379 e. The molecule has 3 aromatic rings. The van der Waals surface area contributed by atoms with Gasteiger partial charge < -0.3 is 29.9 Å². The molecule has 2 saturated heterocycles. The van der Waals surface area contributed by atoms with E-state index in [0.717, 1.165) is 48.8 Å². The van der Waals surface area contributed by atoms with Gasteiger partial charge in [-0.3, -0.25) is 4.98 Å². The highest BCUT2D eigenvalue weighted by Crippen LogP contribution is 2.32. The molecule has 2 atom stereocenters. The third-order valence-corrected chi connectivity index (χ3v) is 7.22. The van der Waals surface area contributed by atoms with Crippen molar-refractivity contribution in [3.63, 3.8) is 0 Å². The number of ether oxygens (including phenoxy) is 2. The number of hydrogen-bond acceptors (Lipinski definition) is 9. The topological polar surface area (TPSA) is 118 Å². The monoisotopic (exact) mass is 516 g/mol. The highest BCUT2D eigenvalue weighted by Gasteiger charge is 2.29. The number of carbonyl (C=O) groups is 1. The maximum atomic E-state index is 12.3. The zero-order valence-electron chi connectivity index (χ0n) is 21.5. The van der Waals surface area contributed by atoms with Crippen LogP contribution >= 0.6 is 0 Å². The van der Waals surface area contributed by atoms with Gasteiger partial charge in [-0.25, -0.2) is 19.7 Å². The molecule has 2 amide bonds. The first-order chi connectivity index (χ1) is 18.6. The standard InChI is InChI=1S/C27H32N8O3/c1-18-16-38-13-11-35(18)26-22-6-10-34(24-14-28-8-9-29-24)15-23(22)32-25(33-26)19-2-4-20(5-3-19)30-27(36)31-21-7-12-37-17-21/h2-5,8-9,14,18,21H,6-7,10-13,15-17H2,1H3,(H2,30,31,36)/t18-,21-/m0/s1. The minimum atomic E-state index is -0.231. The summed E-state index contributed by atoms with van der Waals surface area (Å²) in [4.78, 5) is 35.7. The number of hydrogen-bond donors (Lipinski definition) is 2. The van der Waals surface area contributed by atoms with Crippen molar-refractivity contribution in [1.29, 1.82) is 0 Å². The van der Waals surface area contributed by atoms with Crippen LogP contribution in [0, 0.1) is 0 Å². The molecular weight excluding hydrogens is 484 g/mol. The van der Waals surface area contributed by atoms with Gasteiger partial charge in [-0.1, -0.05) is 0 Å². The highest BCUT2D eigenvalue weighted by atomic mass is 16.5. The van der Waals surface area contributed by atoms with Crippen molar-refractivity contribution in [3.8, 4) is 11.4 Å². The van der Waals surface area contributed by atoms with Crippen LogP contribution in [0.2, 0.25) is 0 Å². The van der Waals surface area contributed by atoms with E-state index in [1.54, 1.807) is 18.6 Å². The Morgan fingerprint density at radius 1 is 1.05 bits per heavy atom. The lowest BCUT2D eigenvalue weighted by Crippen LogP contribution is -2.45. The van der Waals surface area contributed by atoms with E-state index in [-0.39, 0.29) is 18.1 Å². The quantitative estimate of drug-likeness (QED) is 0.528. The first kappa shape index (κ1) is 24.5. The van der Waals surface area contributed by atoms with Crippen LogP contribution in [0.15, 0.2) is 42.9 Å². The summed E-state index contributed by atoms with van der Waals surface area (Å²) in [6.45, 7) is 7.03. The molecule has 0 aliphatic carbocycles. The van der Waals surface area contributed by atoms with Gasteiger partial charge in [-0.2, -0.15) is 0 Å². The van der Waals surface area contributed by atoms with Crippen molar-refractivity contribution in [2.75, 3.05) is 54.6 Å². The number of carbonyl (C=O) groups excluding carboxylic acids is 1. The van der Waals surface area contributed by atoms with E-state index in [2.05, 4.69) is 37.3 Å². The zero-order chi connectivity index (χ0) is 25.9. The summed E-state index contributed by atoms with van der Waals surface area (Å²) in [7, 11) is 0. The molecule has 198 valence electrons. The van der Waals surface area contributed by atoms with Gasteiger partial charge in [0.05, 0.1) is 50.3 Å². The van der Waals surface area contributed by atoms with Gasteiger partial charge in [0.1, 0.15) is 11.6 Å². The lowest BCUT2D eigenvalue weighted by molar-refractivity contribution is 0.0984. The first-order valence-electron chi connectivity index (χ1n) is 13.1. The molecule has 6 rings (SSSR count). The smallest absolute Gasteiger partial charge is 0.319 e. The summed E-state index contributed by atoms with van der Waals surface area (Å²) in [5.74, 6) is 2.50. The molecule has 0 spiro atoms. The summed E-state index contributed by atoms with van der Waals surface area (Å²) >= 11 is 0. The number of nitrogens with zero attached hydrogens (tertiary/aromatic N) is 6. The van der Waals surface area contributed by atoms with Crippen molar-refractivity contribution in [1.82, 2.24) is 25.3 Å². The average molecular weight is 517 g/mol. The first-order valence-corrected chi connectivity index (χ1v) is 13.1. The van der Waals surface area contributed by atoms with Crippen LogP contribution in [0.25, 0.3) is 11.4 Å². The molecule has 2 N–H and O–H groups in total. The summed E-state index contributed by atoms with van der Waals surface area (Å²) in [6.07, 6.45) is 6.86. The normalized spacial score (nSPS) is 21.2. The fourth-order valence-corrected chi connectivity index (χ4v) is 5.17. The molecule has 0 bridgehead atoms. The fourth-order valence-electron chi connectivity index (χ4n) is 5.17. The van der Waals surface area contributed by atoms with Gasteiger partial charge in [0.2, 0.25) is 0 Å². The highest BCUT2D eigenvalue weighted by molar-refractivity contribution is 5.89. The van der Waals surface area contributed by atoms with E-state index in [1.165, 1.54) is 5.56 Å². The van der Waals surface area contributed by atoms with Gasteiger partial charge in [0.25, 0.3) is 0 Å². The number of urea groups is 1. The van der Waals surface area contributed by atoms with Crippen LogP contribution in [0.4, 0.5) is 22.1 Å². The van der Waals surface area contributed by atoms with E-state index < -0.39 is 0 Å². The van der Waals surface area contributed by atoms with E-state index in [4.69, 9.17) is 19.4 Å². The molecule has 2 aromatic heterocycles. The van der Waals surface area contributed by atoms with Gasteiger partial charge in [-0.05, 0) is 44.0 Å². The number of fused-ring (bicyclic) bond motifs is 1. The van der Waals surface area contributed by atoms with Gasteiger partial charge >= 0.3 is 6.03 Å². The van der Waals surface area contributed by atoms with Crippen LogP contribution in [0.5, 0.6) is 0 Å². The molecule has 5 heterocycles. The number of anilines is 3. The fraction of sp³-hybridized carbons (Fsp3) is 0.444. The Labute approximate surface area is 221 Å². The van der Waals surface area contributed by atoms with Crippen LogP contribution in [0.1, 0.15) is 24.6 Å². The molecule has 11 nitrogen and oxygen atoms in total. The molecule has 0 unspecified atom stereocenters. The number of morpholine rings is 1. The predicted octanol–water partition coefficient (Wildman–Crippen LogP) is 2.63. The number of benzene rings is 1. The van der Waals surface area contributed by atoms with Crippen LogP contribution in [0.3, 0.4) is 0 Å². The van der Waals surface area contributed by atoms with Crippen LogP contribution in [-0.4, -0.2) is 77.6 Å². The maximum absolute atomic E-state index is 12.3. The third kappa shape index (κ3) is 5.25. The Hall–Kier alpha value is -3.83. The molecule has 11 heteroatoms. The molecule has 3 aliphatic heterocycles. The Kier molecular flexibility index (Phi) is 7.02. The predicted molar refractivity (Wildman–Crippen MR) is 143 cm³/mol. The Bertz CT molecular complexity index is 1270. The van der Waals surface area contributed by atoms with Crippen molar-refractivity contribution in [2.24, 2.45) is 0 Å². The summed E-state index contributed by atoms with van der Waals surface area (Å²) in [6, 6.07) is 7.71. The summed E-state index contributed by atoms with van der Waals surface area (Å²) in [5, 5.41) is 5.85. The number of rotatable bonds is 5. The Morgan fingerprint density at radius 3 is 2.68 bits per heavy atom. The van der Waals surface area contributed by atoms with Crippen molar-refractivity contribution < 1.29 is 14.3 Å². The third-order valence-electron chi connectivity index (χ3n) is 7.22. The second-order valence-electron chi connectivity index (χ2n) is 9.88. The SMILES string of the molecule is C[C@H]1COCCN1c1nc(-c2ccc(NC(=O)N[C@H]3CCOC3)cc2)nc2c1CCN(c1cnccn1)C2. The number of aromatic nitrogens is 4. The van der Waals surface area contributed by atoms with Gasteiger partial charge in [0.15, 0.2) is 5.82 Å². The van der Waals surface area contributed by atoms with Crippen LogP contribution < -0.4 is 20.4 Å². The molecule has 2 fully saturated rings. The lowest BCUT2D eigenvalue weighted by atomic mass is 10.0. The summed E-state index contributed by atoms with van der Waals surface area (Å²) in [5.41, 5.74) is 3.79. The molecule has 0 saturated carbocycles. The Balaban J connectivity index is 1.28. The van der Waals surface area contributed by atoms with Crippen molar-refractivity contribution >= 4 is 23.4 Å². The molecule has 1 aromatic carbocycles. The van der Waals surface area contributed by atoms with Gasteiger partial charge in [0, 0.05) is 48.9 Å². The van der Waals surface area contributed by atoms with E-state index in [1.807, 2.05) is 24.3 Å². The number of amides is 2. The largest absolute Gasteiger partial charge is 0.379 e. The van der Waals surface area contributed by atoms with Crippen molar-refractivity contribution in [2.45, 2.75) is 38.4 Å². The maximum Gasteiger partial charge on any atom is 0.319 e. The van der Waals surface area contributed by atoms with E-state index in [0.29, 0.717) is 44.5 Å². The second-order valence-corrected chi connectivity index (χ2v) is 9.88. The van der Waals surface area contributed by atoms with Crippen molar-refractivity contribution in [3.05, 3.63) is 54.1 Å². The zero-order valence-corrected chi connectivity index (χ0v) is 21.5.